The molecule has 0 unspecified atom stereocenters. The first-order valence-corrected chi connectivity index (χ1v) is 9.56. The Morgan fingerprint density at radius 3 is 2.60 bits per heavy atom. The predicted octanol–water partition coefficient (Wildman–Crippen LogP) is 2.15. The minimum Gasteiger partial charge on any atom is -0.480 e. The summed E-state index contributed by atoms with van der Waals surface area (Å²) in [6, 6.07) is 13.6. The van der Waals surface area contributed by atoms with Crippen LogP contribution in [0.15, 0.2) is 59.5 Å². The summed E-state index contributed by atoms with van der Waals surface area (Å²) in [4.78, 5) is 46.4. The van der Waals surface area contributed by atoms with E-state index in [9.17, 15) is 19.5 Å². The second-order valence-corrected chi connectivity index (χ2v) is 7.05. The number of amides is 1. The molecule has 1 amide bonds. The highest BCUT2D eigenvalue weighted by Crippen LogP contribution is 2.19. The van der Waals surface area contributed by atoms with Gasteiger partial charge < -0.3 is 20.4 Å². The summed E-state index contributed by atoms with van der Waals surface area (Å²) in [5.74, 6) is -1.56. The van der Waals surface area contributed by atoms with Gasteiger partial charge in [-0.25, -0.2) is 9.78 Å². The summed E-state index contributed by atoms with van der Waals surface area (Å²) >= 11 is 0. The Labute approximate surface area is 171 Å². The Bertz CT molecular complexity index is 1290. The molecule has 0 aliphatic heterocycles. The van der Waals surface area contributed by atoms with Crippen LogP contribution in [0.1, 0.15) is 17.7 Å². The van der Waals surface area contributed by atoms with E-state index in [1.807, 2.05) is 30.3 Å². The van der Waals surface area contributed by atoms with Gasteiger partial charge in [0.15, 0.2) is 0 Å². The summed E-state index contributed by atoms with van der Waals surface area (Å²) < 4.78 is 0. The fraction of sp³-hybridized carbons (Fsp3) is 0.182. The maximum absolute atomic E-state index is 12.4. The third kappa shape index (κ3) is 4.07. The zero-order valence-electron chi connectivity index (χ0n) is 16.0. The first kappa shape index (κ1) is 19.4. The highest BCUT2D eigenvalue weighted by Gasteiger charge is 2.22. The van der Waals surface area contributed by atoms with Crippen molar-refractivity contribution in [3.8, 4) is 0 Å². The van der Waals surface area contributed by atoms with E-state index >= 15 is 0 Å². The van der Waals surface area contributed by atoms with Gasteiger partial charge in [0.25, 0.3) is 5.56 Å². The quantitative estimate of drug-likeness (QED) is 0.375. The predicted molar refractivity (Wildman–Crippen MR) is 112 cm³/mol. The lowest BCUT2D eigenvalue weighted by Crippen LogP contribution is -2.42. The van der Waals surface area contributed by atoms with Gasteiger partial charge in [-0.1, -0.05) is 30.3 Å². The zero-order valence-corrected chi connectivity index (χ0v) is 16.0. The van der Waals surface area contributed by atoms with E-state index in [0.717, 1.165) is 16.5 Å². The molecule has 30 heavy (non-hydrogen) atoms. The van der Waals surface area contributed by atoms with Gasteiger partial charge in [-0.2, -0.15) is 0 Å². The van der Waals surface area contributed by atoms with Gasteiger partial charge in [-0.3, -0.25) is 9.59 Å². The number of aliphatic carboxylic acids is 1. The second-order valence-electron chi connectivity index (χ2n) is 7.05. The lowest BCUT2D eigenvalue weighted by atomic mass is 10.0. The maximum Gasteiger partial charge on any atom is 0.326 e. The van der Waals surface area contributed by atoms with Crippen molar-refractivity contribution in [1.29, 1.82) is 0 Å². The molecule has 0 aliphatic rings. The van der Waals surface area contributed by atoms with Crippen LogP contribution in [0.5, 0.6) is 0 Å². The average molecular weight is 404 g/mol. The molecule has 2 heterocycles. The molecule has 4 rings (SSSR count). The van der Waals surface area contributed by atoms with Crippen LogP contribution in [0.4, 0.5) is 0 Å². The summed E-state index contributed by atoms with van der Waals surface area (Å²) in [5, 5.41) is 13.0. The maximum atomic E-state index is 12.4. The Kier molecular flexibility index (Phi) is 5.30. The summed E-state index contributed by atoms with van der Waals surface area (Å²) in [6.45, 7) is 0. The molecule has 1 atom stereocenters. The highest BCUT2D eigenvalue weighted by molar-refractivity contribution is 5.86. The van der Waals surface area contributed by atoms with Crippen LogP contribution in [0.25, 0.3) is 21.9 Å². The van der Waals surface area contributed by atoms with Gasteiger partial charge >= 0.3 is 5.97 Å². The van der Waals surface area contributed by atoms with Crippen LogP contribution >= 0.6 is 0 Å². The zero-order chi connectivity index (χ0) is 21.1. The normalized spacial score (nSPS) is 12.1. The number of nitrogens with one attached hydrogen (secondary N) is 3. The number of nitrogens with zero attached hydrogens (tertiary/aromatic N) is 1. The lowest BCUT2D eigenvalue weighted by molar-refractivity contribution is -0.141. The summed E-state index contributed by atoms with van der Waals surface area (Å²) in [5.41, 5.74) is 2.87. The largest absolute Gasteiger partial charge is 0.480 e. The first-order chi connectivity index (χ1) is 14.5. The number of benzene rings is 2. The minimum atomic E-state index is -1.12. The molecule has 4 N–H and O–H groups in total. The Morgan fingerprint density at radius 2 is 1.80 bits per heavy atom. The van der Waals surface area contributed by atoms with Crippen molar-refractivity contribution in [2.24, 2.45) is 0 Å². The van der Waals surface area contributed by atoms with Gasteiger partial charge in [0, 0.05) is 36.4 Å². The van der Waals surface area contributed by atoms with Gasteiger partial charge in [0.05, 0.1) is 11.0 Å². The molecular weight excluding hydrogens is 384 g/mol. The van der Waals surface area contributed by atoms with Crippen molar-refractivity contribution < 1.29 is 14.7 Å². The standard InChI is InChI=1S/C22H20N4O4/c27-20(10-9-18-21(28)26-17-8-4-3-7-16(17)24-18)25-19(22(29)30)11-13-12-23-15-6-2-1-5-14(13)15/h1-8,12,19,23H,9-11H2,(H,25,27)(H,26,28)(H,29,30)/t19-/m1/s1. The molecular formula is C22H20N4O4. The van der Waals surface area contributed by atoms with Crippen LogP contribution in [-0.4, -0.2) is 38.0 Å². The van der Waals surface area contributed by atoms with Crippen LogP contribution in [-0.2, 0) is 22.4 Å². The van der Waals surface area contributed by atoms with Crippen molar-refractivity contribution in [3.63, 3.8) is 0 Å². The molecule has 0 saturated carbocycles. The van der Waals surface area contributed by atoms with Crippen molar-refractivity contribution >= 4 is 33.8 Å². The van der Waals surface area contributed by atoms with E-state index in [1.165, 1.54) is 0 Å². The van der Waals surface area contributed by atoms with Crippen LogP contribution in [0.3, 0.4) is 0 Å². The number of H-pyrrole nitrogens is 2. The van der Waals surface area contributed by atoms with E-state index in [1.54, 1.807) is 24.4 Å². The molecule has 4 aromatic rings. The Morgan fingerprint density at radius 1 is 1.07 bits per heavy atom. The van der Waals surface area contributed by atoms with E-state index < -0.39 is 17.9 Å². The molecule has 0 fully saturated rings. The van der Waals surface area contributed by atoms with Crippen molar-refractivity contribution in [2.75, 3.05) is 0 Å². The minimum absolute atomic E-state index is 0.0356. The molecule has 0 radical (unpaired) electrons. The van der Waals surface area contributed by atoms with E-state index in [2.05, 4.69) is 20.3 Å². The number of carboxylic acid groups (broad SMARTS) is 1. The number of aromatic nitrogens is 3. The van der Waals surface area contributed by atoms with Crippen molar-refractivity contribution in [2.45, 2.75) is 25.3 Å². The molecule has 2 aromatic heterocycles. The molecule has 8 nitrogen and oxygen atoms in total. The topological polar surface area (TPSA) is 128 Å². The van der Waals surface area contributed by atoms with Gasteiger partial charge in [0.1, 0.15) is 11.7 Å². The highest BCUT2D eigenvalue weighted by atomic mass is 16.4. The van der Waals surface area contributed by atoms with Crippen LogP contribution in [0, 0.1) is 0 Å². The first-order valence-electron chi connectivity index (χ1n) is 9.56. The van der Waals surface area contributed by atoms with Gasteiger partial charge in [-0.05, 0) is 23.8 Å². The van der Waals surface area contributed by atoms with Crippen LogP contribution < -0.4 is 10.9 Å². The molecule has 0 saturated heterocycles. The number of carboxylic acids is 1. The van der Waals surface area contributed by atoms with Gasteiger partial charge in [0.2, 0.25) is 5.91 Å². The second kappa shape index (κ2) is 8.20. The number of aryl methyl sites for hydroxylation is 1. The molecule has 152 valence electrons. The summed E-state index contributed by atoms with van der Waals surface area (Å²) in [7, 11) is 0. The smallest absolute Gasteiger partial charge is 0.326 e. The summed E-state index contributed by atoms with van der Waals surface area (Å²) in [6.07, 6.45) is 1.99. The monoisotopic (exact) mass is 404 g/mol. The fourth-order valence-corrected chi connectivity index (χ4v) is 3.46. The number of rotatable bonds is 7. The SMILES string of the molecule is O=C(CCc1nc2ccccc2[nH]c1=O)N[C@H](Cc1c[nH]c2ccccc12)C(=O)O. The van der Waals surface area contributed by atoms with Gasteiger partial charge in [-0.15, -0.1) is 0 Å². The van der Waals surface area contributed by atoms with E-state index in [0.29, 0.717) is 11.0 Å². The average Bonchev–Trinajstić information content (AvgIpc) is 3.14. The third-order valence-electron chi connectivity index (χ3n) is 4.99. The number of hydrogen-bond acceptors (Lipinski definition) is 4. The van der Waals surface area contributed by atoms with Crippen molar-refractivity contribution in [1.82, 2.24) is 20.3 Å². The molecule has 0 spiro atoms. The van der Waals surface area contributed by atoms with Crippen LogP contribution in [0.2, 0.25) is 0 Å². The number of carbonyl (C=O) groups excluding carboxylic acids is 1. The number of fused-ring (bicyclic) bond motifs is 2. The Hall–Kier alpha value is -3.94. The molecule has 0 aliphatic carbocycles. The molecule has 8 heteroatoms. The fourth-order valence-electron chi connectivity index (χ4n) is 3.46. The number of para-hydroxylation sites is 3. The third-order valence-corrected chi connectivity index (χ3v) is 4.99. The van der Waals surface area contributed by atoms with E-state index in [-0.39, 0.29) is 30.5 Å². The number of hydrogen-bond donors (Lipinski definition) is 4. The number of carbonyl (C=O) groups is 2. The molecule has 2 aromatic carbocycles. The molecule has 0 bridgehead atoms. The lowest BCUT2D eigenvalue weighted by Gasteiger charge is -2.14. The van der Waals surface area contributed by atoms with Crippen molar-refractivity contribution in [3.05, 3.63) is 76.3 Å². The Balaban J connectivity index is 1.43. The number of aromatic amines is 2. The van der Waals surface area contributed by atoms with E-state index in [4.69, 9.17) is 0 Å².